The second kappa shape index (κ2) is 3.87. The van der Waals surface area contributed by atoms with E-state index in [1.165, 1.54) is 24.8 Å². The van der Waals surface area contributed by atoms with E-state index in [0.29, 0.717) is 0 Å². The molecule has 0 N–H and O–H groups in total. The van der Waals surface area contributed by atoms with Gasteiger partial charge in [0, 0.05) is 19.0 Å². The Bertz CT molecular complexity index is 447. The molecule has 3 heteroatoms. The zero-order chi connectivity index (χ0) is 9.42. The fraction of sp³-hybridized carbons (Fsp3) is 0.200. The Morgan fingerprint density at radius 3 is 2.92 bits per heavy atom. The van der Waals surface area contributed by atoms with Gasteiger partial charge in [-0.15, -0.1) is 11.3 Å². The predicted octanol–water partition coefficient (Wildman–Crippen LogP) is 4.71. The van der Waals surface area contributed by atoms with Crippen LogP contribution >= 0.6 is 49.9 Å². The van der Waals surface area contributed by atoms with E-state index in [9.17, 15) is 0 Å². The summed E-state index contributed by atoms with van der Waals surface area (Å²) in [7, 11) is 0. The molecule has 0 aliphatic rings. The molecule has 0 saturated carbocycles. The van der Waals surface area contributed by atoms with E-state index in [1.54, 1.807) is 0 Å². The van der Waals surface area contributed by atoms with Crippen LogP contribution in [0.4, 0.5) is 0 Å². The minimum Gasteiger partial charge on any atom is -0.143 e. The zero-order valence-electron chi connectivity index (χ0n) is 7.10. The molecule has 0 atom stereocenters. The summed E-state index contributed by atoms with van der Waals surface area (Å²) in [6.07, 6.45) is 0. The molecule has 13 heavy (non-hydrogen) atoms. The maximum absolute atomic E-state index is 3.52. The number of aryl methyl sites for hydroxylation is 1. The van der Waals surface area contributed by atoms with Crippen LogP contribution in [-0.2, 0) is 5.33 Å². The first-order chi connectivity index (χ1) is 6.24. The van der Waals surface area contributed by atoms with E-state index in [4.69, 9.17) is 0 Å². The van der Waals surface area contributed by atoms with Gasteiger partial charge in [-0.3, -0.25) is 0 Å². The Balaban J connectivity index is 2.87. The van der Waals surface area contributed by atoms with E-state index in [1.807, 2.05) is 11.3 Å². The minimum absolute atomic E-state index is 0.945. The van der Waals surface area contributed by atoms with Crippen molar-refractivity contribution >= 4 is 59.9 Å². The van der Waals surface area contributed by atoms with Gasteiger partial charge in [0.05, 0.1) is 0 Å². The van der Waals surface area contributed by atoms with Crippen LogP contribution in [0.1, 0.15) is 11.1 Å². The summed E-state index contributed by atoms with van der Waals surface area (Å²) < 4.78 is 2.79. The van der Waals surface area contributed by atoms with Gasteiger partial charge in [0.1, 0.15) is 0 Å². The van der Waals surface area contributed by atoms with Crippen molar-refractivity contribution in [3.8, 4) is 0 Å². The second-order valence-corrected chi connectivity index (χ2v) is 5.57. The van der Waals surface area contributed by atoms with Crippen molar-refractivity contribution in [2.24, 2.45) is 0 Å². The van der Waals surface area contributed by atoms with E-state index >= 15 is 0 Å². The van der Waals surface area contributed by atoms with E-state index in [2.05, 4.69) is 63.0 Å². The highest BCUT2D eigenvalue weighted by Crippen LogP contribution is 2.33. The lowest BCUT2D eigenvalue weighted by molar-refractivity contribution is 1.49. The summed E-state index contributed by atoms with van der Waals surface area (Å²) in [5, 5.41) is 4.61. The van der Waals surface area contributed by atoms with Crippen molar-refractivity contribution in [2.45, 2.75) is 12.3 Å². The molecule has 0 fully saturated rings. The maximum Gasteiger partial charge on any atom is 0.0396 e. The van der Waals surface area contributed by atoms with Crippen LogP contribution in [0.5, 0.6) is 0 Å². The fourth-order valence-electron chi connectivity index (χ4n) is 1.42. The summed E-state index contributed by atoms with van der Waals surface area (Å²) in [5.41, 5.74) is 2.79. The number of fused-ring (bicyclic) bond motifs is 1. The third kappa shape index (κ3) is 1.66. The van der Waals surface area contributed by atoms with Crippen molar-refractivity contribution in [1.82, 2.24) is 0 Å². The number of hydrogen-bond donors (Lipinski definition) is 0. The Labute approximate surface area is 104 Å². The zero-order valence-corrected chi connectivity index (χ0v) is 11.7. The molecule has 0 amide bonds. The molecule has 0 radical (unpaired) electrons. The molecule has 0 unspecified atom stereocenters. The molecular weight excluding hydrogens is 359 g/mol. The molecule has 0 bridgehead atoms. The number of rotatable bonds is 1. The number of thiophene rings is 1. The molecule has 2 rings (SSSR count). The Kier molecular flexibility index (Phi) is 2.95. The molecule has 1 aromatic heterocycles. The second-order valence-electron chi connectivity index (χ2n) is 2.96. The molecule has 0 aliphatic carbocycles. The van der Waals surface area contributed by atoms with Crippen LogP contribution < -0.4 is 0 Å². The smallest absolute Gasteiger partial charge is 0.0396 e. The van der Waals surface area contributed by atoms with Gasteiger partial charge in [0.25, 0.3) is 0 Å². The van der Waals surface area contributed by atoms with Gasteiger partial charge < -0.3 is 0 Å². The standard InChI is InChI=1S/C10H8BrIS/c1-6-5-13-10-7(4-11)2-3-8(12)9(6)10/h2-3,5H,4H2,1H3. The van der Waals surface area contributed by atoms with Crippen molar-refractivity contribution in [3.05, 3.63) is 32.2 Å². The highest BCUT2D eigenvalue weighted by Gasteiger charge is 2.07. The molecule has 68 valence electrons. The lowest BCUT2D eigenvalue weighted by atomic mass is 10.1. The Morgan fingerprint density at radius 2 is 2.23 bits per heavy atom. The minimum atomic E-state index is 0.945. The summed E-state index contributed by atoms with van der Waals surface area (Å²) in [4.78, 5) is 0. The largest absolute Gasteiger partial charge is 0.143 e. The topological polar surface area (TPSA) is 0 Å². The van der Waals surface area contributed by atoms with Crippen LogP contribution in [0.3, 0.4) is 0 Å². The third-order valence-electron chi connectivity index (χ3n) is 2.08. The molecule has 0 spiro atoms. The van der Waals surface area contributed by atoms with Crippen molar-refractivity contribution < 1.29 is 0 Å². The van der Waals surface area contributed by atoms with E-state index < -0.39 is 0 Å². The van der Waals surface area contributed by atoms with Gasteiger partial charge in [-0.2, -0.15) is 0 Å². The van der Waals surface area contributed by atoms with Crippen LogP contribution in [0.25, 0.3) is 10.1 Å². The average molecular weight is 367 g/mol. The highest BCUT2D eigenvalue weighted by atomic mass is 127. The SMILES string of the molecule is Cc1csc2c(CBr)ccc(I)c12. The maximum atomic E-state index is 3.52. The number of benzene rings is 1. The predicted molar refractivity (Wildman–Crippen MR) is 71.9 cm³/mol. The van der Waals surface area contributed by atoms with E-state index in [0.717, 1.165) is 5.33 Å². The first kappa shape index (κ1) is 9.93. The van der Waals surface area contributed by atoms with Crippen molar-refractivity contribution in [2.75, 3.05) is 0 Å². The van der Waals surface area contributed by atoms with Gasteiger partial charge in [-0.25, -0.2) is 0 Å². The molecule has 2 aromatic rings. The summed E-state index contributed by atoms with van der Waals surface area (Å²) in [6.45, 7) is 2.18. The lowest BCUT2D eigenvalue weighted by Crippen LogP contribution is -1.81. The van der Waals surface area contributed by atoms with Crippen molar-refractivity contribution in [1.29, 1.82) is 0 Å². The molecule has 0 aliphatic heterocycles. The molecule has 0 saturated heterocycles. The number of halogens is 2. The number of alkyl halides is 1. The summed E-state index contributed by atoms with van der Waals surface area (Å²) >= 11 is 7.77. The van der Waals surface area contributed by atoms with E-state index in [-0.39, 0.29) is 0 Å². The van der Waals surface area contributed by atoms with Gasteiger partial charge in [0.15, 0.2) is 0 Å². The van der Waals surface area contributed by atoms with Crippen LogP contribution in [0, 0.1) is 10.5 Å². The van der Waals surface area contributed by atoms with Gasteiger partial charge in [-0.1, -0.05) is 22.0 Å². The first-order valence-electron chi connectivity index (χ1n) is 3.95. The quantitative estimate of drug-likeness (QED) is 0.506. The van der Waals surface area contributed by atoms with Crippen molar-refractivity contribution in [3.63, 3.8) is 0 Å². The van der Waals surface area contributed by atoms with Crippen LogP contribution in [-0.4, -0.2) is 0 Å². The van der Waals surface area contributed by atoms with Crippen LogP contribution in [0.2, 0.25) is 0 Å². The number of hydrogen-bond acceptors (Lipinski definition) is 1. The Hall–Kier alpha value is 0.390. The summed E-state index contributed by atoms with van der Waals surface area (Å²) in [5.74, 6) is 0. The van der Waals surface area contributed by atoms with Gasteiger partial charge >= 0.3 is 0 Å². The average Bonchev–Trinajstić information content (AvgIpc) is 2.50. The highest BCUT2D eigenvalue weighted by molar-refractivity contribution is 14.1. The molecule has 1 heterocycles. The monoisotopic (exact) mass is 366 g/mol. The molecular formula is C10H8BrIS. The normalized spacial score (nSPS) is 11.0. The summed E-state index contributed by atoms with van der Waals surface area (Å²) in [6, 6.07) is 4.40. The third-order valence-corrected chi connectivity index (χ3v) is 4.76. The fourth-order valence-corrected chi connectivity index (χ4v) is 4.22. The Morgan fingerprint density at radius 1 is 1.46 bits per heavy atom. The first-order valence-corrected chi connectivity index (χ1v) is 7.03. The van der Waals surface area contributed by atoms with Crippen LogP contribution in [0.15, 0.2) is 17.5 Å². The molecule has 1 aromatic carbocycles. The van der Waals surface area contributed by atoms with Gasteiger partial charge in [-0.05, 0) is 52.1 Å². The lowest BCUT2D eigenvalue weighted by Gasteiger charge is -2.01. The van der Waals surface area contributed by atoms with Gasteiger partial charge in [0.2, 0.25) is 0 Å². The molecule has 0 nitrogen and oxygen atoms in total.